The van der Waals surface area contributed by atoms with Gasteiger partial charge in [-0.15, -0.1) is 0 Å². The molecule has 1 aromatic carbocycles. The summed E-state index contributed by atoms with van der Waals surface area (Å²) < 4.78 is 4.82. The first-order chi connectivity index (χ1) is 10.1. The summed E-state index contributed by atoms with van der Waals surface area (Å²) in [5.74, 6) is 0.465. The Balaban J connectivity index is 1.99. The number of amides is 2. The van der Waals surface area contributed by atoms with Crippen molar-refractivity contribution >= 4 is 17.7 Å². The van der Waals surface area contributed by atoms with Crippen LogP contribution < -0.4 is 16.0 Å². The van der Waals surface area contributed by atoms with Gasteiger partial charge in [0.2, 0.25) is 0 Å². The molecule has 2 amide bonds. The van der Waals surface area contributed by atoms with Gasteiger partial charge in [-0.3, -0.25) is 5.32 Å². The molecule has 2 rings (SSSR count). The average molecular weight is 289 g/mol. The summed E-state index contributed by atoms with van der Waals surface area (Å²) in [5, 5.41) is 12.1. The summed E-state index contributed by atoms with van der Waals surface area (Å²) in [6, 6.07) is 7.52. The van der Waals surface area contributed by atoms with Crippen molar-refractivity contribution in [1.82, 2.24) is 15.5 Å². The monoisotopic (exact) mass is 289 g/mol. The fraction of sp³-hybridized carbons (Fsp3) is 0.357. The van der Waals surface area contributed by atoms with E-state index in [-0.39, 0.29) is 12.1 Å². The maximum atomic E-state index is 11.8. The van der Waals surface area contributed by atoms with Crippen LogP contribution in [0, 0.1) is 6.92 Å². The summed E-state index contributed by atoms with van der Waals surface area (Å²) in [4.78, 5) is 15.7. The molecule has 21 heavy (non-hydrogen) atoms. The van der Waals surface area contributed by atoms with Crippen molar-refractivity contribution in [3.8, 4) is 0 Å². The molecule has 0 bridgehead atoms. The lowest BCUT2D eigenvalue weighted by atomic mass is 10.1. The van der Waals surface area contributed by atoms with E-state index < -0.39 is 6.03 Å². The first-order valence-corrected chi connectivity index (χ1v) is 6.80. The number of rotatable bonds is 5. The zero-order valence-corrected chi connectivity index (χ0v) is 12.3. The number of hydrogen-bond donors (Lipinski definition) is 3. The van der Waals surface area contributed by atoms with Gasteiger partial charge >= 0.3 is 12.0 Å². The van der Waals surface area contributed by atoms with E-state index in [1.807, 2.05) is 24.3 Å². The standard InChI is InChI=1S/C14H19N5O2/c1-4-15-9(2)11-6-5-7-12(8-11)17-13(20)18-14-16-10(3)19-21-14/h5-9,15H,4H2,1-3H3,(H2,16,17,18,19,20). The summed E-state index contributed by atoms with van der Waals surface area (Å²) >= 11 is 0. The lowest BCUT2D eigenvalue weighted by molar-refractivity contribution is 0.261. The fourth-order valence-corrected chi connectivity index (χ4v) is 1.92. The second-order valence-corrected chi connectivity index (χ2v) is 4.63. The van der Waals surface area contributed by atoms with Crippen LogP contribution in [0.4, 0.5) is 16.5 Å². The zero-order chi connectivity index (χ0) is 15.2. The van der Waals surface area contributed by atoms with Gasteiger partial charge in [0.15, 0.2) is 5.82 Å². The normalized spacial score (nSPS) is 12.0. The van der Waals surface area contributed by atoms with Crippen molar-refractivity contribution in [1.29, 1.82) is 0 Å². The molecule has 0 fully saturated rings. The lowest BCUT2D eigenvalue weighted by Gasteiger charge is -2.14. The SMILES string of the molecule is CCNC(C)c1cccc(NC(=O)Nc2nc(C)no2)c1. The minimum absolute atomic E-state index is 0.0715. The maximum Gasteiger partial charge on any atom is 0.329 e. The number of hydrogen-bond acceptors (Lipinski definition) is 5. The van der Waals surface area contributed by atoms with Crippen molar-refractivity contribution in [3.05, 3.63) is 35.7 Å². The van der Waals surface area contributed by atoms with Crippen LogP contribution in [-0.4, -0.2) is 22.7 Å². The Morgan fingerprint density at radius 2 is 2.19 bits per heavy atom. The highest BCUT2D eigenvalue weighted by molar-refractivity contribution is 5.98. The topological polar surface area (TPSA) is 92.1 Å². The minimum Gasteiger partial charge on any atom is -0.315 e. The van der Waals surface area contributed by atoms with Crippen molar-refractivity contribution in [2.75, 3.05) is 17.2 Å². The summed E-state index contributed by atoms with van der Waals surface area (Å²) in [6.45, 7) is 6.69. The van der Waals surface area contributed by atoms with Gasteiger partial charge in [-0.05, 0) is 38.1 Å². The van der Waals surface area contributed by atoms with Crippen LogP contribution in [0.25, 0.3) is 0 Å². The van der Waals surface area contributed by atoms with Crippen LogP contribution in [0.1, 0.15) is 31.3 Å². The van der Waals surface area contributed by atoms with Crippen LogP contribution >= 0.6 is 0 Å². The number of urea groups is 1. The first-order valence-electron chi connectivity index (χ1n) is 6.80. The highest BCUT2D eigenvalue weighted by Gasteiger charge is 2.09. The van der Waals surface area contributed by atoms with Crippen molar-refractivity contribution in [2.24, 2.45) is 0 Å². The summed E-state index contributed by atoms with van der Waals surface area (Å²) in [5.41, 5.74) is 1.80. The van der Waals surface area contributed by atoms with Crippen molar-refractivity contribution < 1.29 is 9.32 Å². The largest absolute Gasteiger partial charge is 0.329 e. The van der Waals surface area contributed by atoms with Gasteiger partial charge in [-0.1, -0.05) is 24.2 Å². The number of benzene rings is 1. The van der Waals surface area contributed by atoms with Crippen molar-refractivity contribution in [2.45, 2.75) is 26.8 Å². The predicted octanol–water partition coefficient (Wildman–Crippen LogP) is 2.69. The molecule has 0 radical (unpaired) electrons. The molecule has 1 unspecified atom stereocenters. The Bertz CT molecular complexity index is 611. The number of nitrogens with one attached hydrogen (secondary N) is 3. The van der Waals surface area contributed by atoms with E-state index in [1.165, 1.54) is 0 Å². The van der Waals surface area contributed by atoms with Crippen LogP contribution in [-0.2, 0) is 0 Å². The molecule has 0 aliphatic carbocycles. The number of carbonyl (C=O) groups is 1. The third-order valence-electron chi connectivity index (χ3n) is 2.90. The van der Waals surface area contributed by atoms with Gasteiger partial charge in [0.25, 0.3) is 0 Å². The minimum atomic E-state index is -0.424. The molecular formula is C14H19N5O2. The fourth-order valence-electron chi connectivity index (χ4n) is 1.92. The smallest absolute Gasteiger partial charge is 0.315 e. The third-order valence-corrected chi connectivity index (χ3v) is 2.90. The molecule has 7 heteroatoms. The Morgan fingerprint density at radius 1 is 1.38 bits per heavy atom. The maximum absolute atomic E-state index is 11.8. The van der Waals surface area contributed by atoms with E-state index in [0.29, 0.717) is 11.5 Å². The number of aromatic nitrogens is 2. The zero-order valence-electron chi connectivity index (χ0n) is 12.3. The molecule has 0 saturated carbocycles. The Kier molecular flexibility index (Phi) is 4.89. The van der Waals surface area contributed by atoms with Crippen LogP contribution in [0.2, 0.25) is 0 Å². The number of aryl methyl sites for hydroxylation is 1. The molecule has 1 atom stereocenters. The van der Waals surface area contributed by atoms with Gasteiger partial charge in [-0.25, -0.2) is 4.79 Å². The second kappa shape index (κ2) is 6.85. The molecule has 1 heterocycles. The van der Waals surface area contributed by atoms with Gasteiger partial charge in [0.05, 0.1) is 0 Å². The third kappa shape index (κ3) is 4.28. The van der Waals surface area contributed by atoms with E-state index in [1.54, 1.807) is 6.92 Å². The molecular weight excluding hydrogens is 270 g/mol. The first kappa shape index (κ1) is 15.0. The molecule has 2 aromatic rings. The van der Waals surface area contributed by atoms with Gasteiger partial charge in [-0.2, -0.15) is 4.98 Å². The van der Waals surface area contributed by atoms with Crippen molar-refractivity contribution in [3.63, 3.8) is 0 Å². The lowest BCUT2D eigenvalue weighted by Crippen LogP contribution is -2.20. The van der Waals surface area contributed by atoms with Crippen LogP contribution in [0.5, 0.6) is 0 Å². The van der Waals surface area contributed by atoms with E-state index in [0.717, 1.165) is 12.1 Å². The molecule has 0 spiro atoms. The number of anilines is 2. The molecule has 1 aromatic heterocycles. The van der Waals surface area contributed by atoms with E-state index in [9.17, 15) is 4.79 Å². The van der Waals surface area contributed by atoms with E-state index >= 15 is 0 Å². The average Bonchev–Trinajstić information content (AvgIpc) is 2.84. The number of nitrogens with zero attached hydrogens (tertiary/aromatic N) is 2. The molecule has 0 saturated heterocycles. The van der Waals surface area contributed by atoms with Crippen LogP contribution in [0.3, 0.4) is 0 Å². The highest BCUT2D eigenvalue weighted by Crippen LogP contribution is 2.17. The molecule has 0 aliphatic heterocycles. The quantitative estimate of drug-likeness (QED) is 0.787. The molecule has 0 aliphatic rings. The summed E-state index contributed by atoms with van der Waals surface area (Å²) in [7, 11) is 0. The number of carbonyl (C=O) groups excluding carboxylic acids is 1. The van der Waals surface area contributed by atoms with Gasteiger partial charge < -0.3 is 15.2 Å². The summed E-state index contributed by atoms with van der Waals surface area (Å²) in [6.07, 6.45) is 0. The predicted molar refractivity (Wildman–Crippen MR) is 80.2 cm³/mol. The van der Waals surface area contributed by atoms with E-state index in [4.69, 9.17) is 4.52 Å². The molecule has 112 valence electrons. The molecule has 7 nitrogen and oxygen atoms in total. The Labute approximate surface area is 123 Å². The van der Waals surface area contributed by atoms with E-state index in [2.05, 4.69) is 39.9 Å². The second-order valence-electron chi connectivity index (χ2n) is 4.63. The molecule has 3 N–H and O–H groups in total. The highest BCUT2D eigenvalue weighted by atomic mass is 16.5. The van der Waals surface area contributed by atoms with Gasteiger partial charge in [0.1, 0.15) is 0 Å². The Morgan fingerprint density at radius 3 is 2.86 bits per heavy atom. The van der Waals surface area contributed by atoms with Gasteiger partial charge in [0, 0.05) is 11.7 Å². The van der Waals surface area contributed by atoms with Crippen LogP contribution in [0.15, 0.2) is 28.8 Å². The Hall–Kier alpha value is -2.41.